The van der Waals surface area contributed by atoms with Gasteiger partial charge >= 0.3 is 0 Å². The van der Waals surface area contributed by atoms with Gasteiger partial charge in [0.15, 0.2) is 17.2 Å². The largest absolute Gasteiger partial charge is 0.505 e. The van der Waals surface area contributed by atoms with Crippen molar-refractivity contribution in [2.45, 2.75) is 31.7 Å². The number of nitrogens with zero attached hydrogens (tertiary/aromatic N) is 2. The molecule has 1 aliphatic carbocycles. The van der Waals surface area contributed by atoms with Crippen LogP contribution in [0.15, 0.2) is 24.5 Å². The predicted molar refractivity (Wildman–Crippen MR) is 91.0 cm³/mol. The van der Waals surface area contributed by atoms with E-state index in [1.165, 1.54) is 12.4 Å². The van der Waals surface area contributed by atoms with E-state index in [2.05, 4.69) is 15.3 Å². The van der Waals surface area contributed by atoms with Crippen LogP contribution < -0.4 is 14.8 Å². The summed E-state index contributed by atoms with van der Waals surface area (Å²) < 4.78 is 10.8. The molecular weight excluding hydrogens is 322 g/mol. The minimum atomic E-state index is -0.368. The summed E-state index contributed by atoms with van der Waals surface area (Å²) in [5, 5.41) is 12.2. The lowest BCUT2D eigenvalue weighted by atomic mass is 9.98. The van der Waals surface area contributed by atoms with Crippen LogP contribution in [0.2, 0.25) is 0 Å². The van der Waals surface area contributed by atoms with Gasteiger partial charge in [0, 0.05) is 0 Å². The lowest BCUT2D eigenvalue weighted by Gasteiger charge is -2.21. The van der Waals surface area contributed by atoms with Crippen LogP contribution in [0.25, 0.3) is 0 Å². The Balaban J connectivity index is 1.89. The quantitative estimate of drug-likeness (QED) is 0.828. The van der Waals surface area contributed by atoms with Gasteiger partial charge in [0.25, 0.3) is 5.91 Å². The maximum atomic E-state index is 12.5. The summed E-state index contributed by atoms with van der Waals surface area (Å²) in [7, 11) is 3.21. The van der Waals surface area contributed by atoms with Gasteiger partial charge in [-0.05, 0) is 42.5 Å². The zero-order chi connectivity index (χ0) is 17.8. The highest BCUT2D eigenvalue weighted by Gasteiger charge is 2.24. The Morgan fingerprint density at radius 2 is 1.84 bits per heavy atom. The highest BCUT2D eigenvalue weighted by Crippen LogP contribution is 2.37. The third-order valence-electron chi connectivity index (χ3n) is 4.36. The summed E-state index contributed by atoms with van der Waals surface area (Å²) >= 11 is 0. The molecule has 2 N–H and O–H groups in total. The van der Waals surface area contributed by atoms with E-state index < -0.39 is 0 Å². The molecule has 1 aromatic carbocycles. The molecule has 7 nitrogen and oxygen atoms in total. The van der Waals surface area contributed by atoms with Gasteiger partial charge in [-0.2, -0.15) is 0 Å². The van der Waals surface area contributed by atoms with Gasteiger partial charge in [-0.3, -0.25) is 4.79 Å². The smallest absolute Gasteiger partial charge is 0.289 e. The van der Waals surface area contributed by atoms with Crippen molar-refractivity contribution in [2.24, 2.45) is 0 Å². The van der Waals surface area contributed by atoms with E-state index in [1.807, 2.05) is 12.1 Å². The molecule has 132 valence electrons. The number of fused-ring (bicyclic) bond motifs is 1. The third kappa shape index (κ3) is 3.65. The molecule has 1 unspecified atom stereocenters. The number of nitrogens with one attached hydrogen (secondary N) is 1. The van der Waals surface area contributed by atoms with Crippen molar-refractivity contribution in [3.8, 4) is 17.2 Å². The van der Waals surface area contributed by atoms with Crippen LogP contribution in [-0.4, -0.2) is 35.2 Å². The normalized spacial score (nSPS) is 16.5. The van der Waals surface area contributed by atoms with E-state index in [0.29, 0.717) is 11.5 Å². The Bertz CT molecular complexity index is 762. The van der Waals surface area contributed by atoms with Gasteiger partial charge in [0.05, 0.1) is 32.7 Å². The fourth-order valence-electron chi connectivity index (χ4n) is 3.11. The average molecular weight is 343 g/mol. The topological polar surface area (TPSA) is 93.6 Å². The first-order valence-electron chi connectivity index (χ1n) is 8.19. The Kier molecular flexibility index (Phi) is 5.02. The second-order valence-corrected chi connectivity index (χ2v) is 5.94. The molecule has 0 saturated heterocycles. The van der Waals surface area contributed by atoms with Crippen molar-refractivity contribution in [1.82, 2.24) is 15.3 Å². The summed E-state index contributed by atoms with van der Waals surface area (Å²) in [5.74, 6) is 0.920. The standard InChI is InChI=1S/C18H21N3O4/c1-24-15-7-11-5-3-4-6-14(13(11)8-16(15)25-2)21-18(23)17-19-9-12(22)10-20-17/h7-10,14,22H,3-6H2,1-2H3,(H,21,23). The fourth-order valence-corrected chi connectivity index (χ4v) is 3.11. The molecule has 1 aliphatic rings. The first-order chi connectivity index (χ1) is 12.1. The van der Waals surface area contributed by atoms with Crippen molar-refractivity contribution in [2.75, 3.05) is 14.2 Å². The molecule has 0 fully saturated rings. The SMILES string of the molecule is COc1cc2c(cc1OC)C(NC(=O)c1ncc(O)cn1)CCCC2. The molecule has 0 saturated carbocycles. The van der Waals surface area contributed by atoms with Crippen LogP contribution in [0.4, 0.5) is 0 Å². The number of benzene rings is 1. The number of aromatic hydroxyl groups is 1. The highest BCUT2D eigenvalue weighted by molar-refractivity contribution is 5.90. The minimum absolute atomic E-state index is 0.0315. The van der Waals surface area contributed by atoms with Crippen LogP contribution in [0, 0.1) is 0 Å². The zero-order valence-electron chi connectivity index (χ0n) is 14.3. The maximum Gasteiger partial charge on any atom is 0.289 e. The molecule has 25 heavy (non-hydrogen) atoms. The summed E-state index contributed by atoms with van der Waals surface area (Å²) in [4.78, 5) is 20.2. The second-order valence-electron chi connectivity index (χ2n) is 5.94. The second kappa shape index (κ2) is 7.38. The van der Waals surface area contributed by atoms with E-state index in [0.717, 1.165) is 36.8 Å². The molecule has 1 amide bonds. The first-order valence-corrected chi connectivity index (χ1v) is 8.19. The monoisotopic (exact) mass is 343 g/mol. The number of rotatable bonds is 4. The van der Waals surface area contributed by atoms with Crippen molar-refractivity contribution >= 4 is 5.91 Å². The van der Waals surface area contributed by atoms with Crippen LogP contribution >= 0.6 is 0 Å². The number of amides is 1. The van der Waals surface area contributed by atoms with E-state index in [9.17, 15) is 9.90 Å². The molecule has 0 radical (unpaired) electrons. The van der Waals surface area contributed by atoms with Crippen LogP contribution in [0.3, 0.4) is 0 Å². The fraction of sp³-hybridized carbons (Fsp3) is 0.389. The number of carbonyl (C=O) groups is 1. The van der Waals surface area contributed by atoms with Crippen LogP contribution in [0.1, 0.15) is 47.1 Å². The number of ether oxygens (including phenoxy) is 2. The molecule has 1 atom stereocenters. The molecule has 3 rings (SSSR count). The molecule has 2 aromatic rings. The third-order valence-corrected chi connectivity index (χ3v) is 4.36. The maximum absolute atomic E-state index is 12.5. The number of carbonyl (C=O) groups excluding carboxylic acids is 1. The zero-order valence-corrected chi connectivity index (χ0v) is 14.3. The van der Waals surface area contributed by atoms with Gasteiger partial charge in [-0.1, -0.05) is 6.42 Å². The summed E-state index contributed by atoms with van der Waals surface area (Å²) in [6, 6.07) is 3.76. The lowest BCUT2D eigenvalue weighted by Crippen LogP contribution is -2.30. The number of hydrogen-bond acceptors (Lipinski definition) is 6. The molecule has 1 aromatic heterocycles. The van der Waals surface area contributed by atoms with Crippen molar-refractivity contribution in [3.05, 3.63) is 41.5 Å². The molecule has 0 aliphatic heterocycles. The number of aryl methyl sites for hydroxylation is 1. The van der Waals surface area contributed by atoms with E-state index in [1.54, 1.807) is 14.2 Å². The average Bonchev–Trinajstić information content (AvgIpc) is 2.82. The van der Waals surface area contributed by atoms with E-state index in [-0.39, 0.29) is 23.5 Å². The molecule has 0 spiro atoms. The Morgan fingerprint density at radius 3 is 2.52 bits per heavy atom. The molecule has 1 heterocycles. The first kappa shape index (κ1) is 17.0. The van der Waals surface area contributed by atoms with Gasteiger partial charge in [-0.25, -0.2) is 9.97 Å². The van der Waals surface area contributed by atoms with Gasteiger partial charge in [0.1, 0.15) is 0 Å². The van der Waals surface area contributed by atoms with E-state index >= 15 is 0 Å². The van der Waals surface area contributed by atoms with E-state index in [4.69, 9.17) is 9.47 Å². The van der Waals surface area contributed by atoms with Crippen LogP contribution in [-0.2, 0) is 6.42 Å². The summed E-state index contributed by atoms with van der Waals surface area (Å²) in [5.41, 5.74) is 2.18. The number of aromatic nitrogens is 2. The Morgan fingerprint density at radius 1 is 1.16 bits per heavy atom. The lowest BCUT2D eigenvalue weighted by molar-refractivity contribution is 0.0923. The van der Waals surface area contributed by atoms with Gasteiger partial charge < -0.3 is 19.9 Å². The van der Waals surface area contributed by atoms with Gasteiger partial charge in [0.2, 0.25) is 5.82 Å². The molecule has 0 bridgehead atoms. The number of methoxy groups -OCH3 is 2. The summed E-state index contributed by atoms with van der Waals surface area (Å²) in [6.45, 7) is 0. The van der Waals surface area contributed by atoms with Crippen LogP contribution in [0.5, 0.6) is 17.2 Å². The number of hydrogen-bond donors (Lipinski definition) is 2. The van der Waals surface area contributed by atoms with Crippen molar-refractivity contribution in [3.63, 3.8) is 0 Å². The Labute approximate surface area is 146 Å². The van der Waals surface area contributed by atoms with Gasteiger partial charge in [-0.15, -0.1) is 0 Å². The highest BCUT2D eigenvalue weighted by atomic mass is 16.5. The molecular formula is C18H21N3O4. The predicted octanol–water partition coefficient (Wildman–Crippen LogP) is 2.40. The molecule has 7 heteroatoms. The summed E-state index contributed by atoms with van der Waals surface area (Å²) in [6.07, 6.45) is 6.21. The Hall–Kier alpha value is -2.83. The van der Waals surface area contributed by atoms with Crippen molar-refractivity contribution < 1.29 is 19.4 Å². The van der Waals surface area contributed by atoms with Crippen molar-refractivity contribution in [1.29, 1.82) is 0 Å². The minimum Gasteiger partial charge on any atom is -0.505 e.